The molecule has 12 amide bonds. The lowest BCUT2D eigenvalue weighted by Crippen LogP contribution is -2.71. The van der Waals surface area contributed by atoms with Crippen molar-refractivity contribution < 1.29 is 98.1 Å². The third-order valence-corrected chi connectivity index (χ3v) is 24.9. The fourth-order valence-electron chi connectivity index (χ4n) is 18.1. The van der Waals surface area contributed by atoms with E-state index < -0.39 is 210 Å². The van der Waals surface area contributed by atoms with Gasteiger partial charge >= 0.3 is 12.4 Å². The van der Waals surface area contributed by atoms with Crippen molar-refractivity contribution >= 4 is 70.9 Å². The van der Waals surface area contributed by atoms with Crippen LogP contribution >= 0.6 is 0 Å². The van der Waals surface area contributed by atoms with E-state index in [0.717, 1.165) is 24.5 Å². The van der Waals surface area contributed by atoms with E-state index in [1.165, 1.54) is 76.0 Å². The van der Waals surface area contributed by atoms with Crippen LogP contribution in [0, 0.1) is 40.9 Å². The first-order valence-electron chi connectivity index (χ1n) is 40.4. The zero-order valence-corrected chi connectivity index (χ0v) is 68.5. The lowest BCUT2D eigenvalue weighted by atomic mass is 9.58. The summed E-state index contributed by atoms with van der Waals surface area (Å²) in [7, 11) is 10.8. The molecule has 3 heterocycles. The number of carbonyl (C=O) groups is 12. The van der Waals surface area contributed by atoms with Crippen molar-refractivity contribution in [2.24, 2.45) is 40.9 Å². The summed E-state index contributed by atoms with van der Waals surface area (Å²) in [4.78, 5) is 194. The van der Waals surface area contributed by atoms with Gasteiger partial charge in [0.2, 0.25) is 70.9 Å². The second-order valence-electron chi connectivity index (χ2n) is 33.5. The highest BCUT2D eigenvalue weighted by Crippen LogP contribution is 2.50. The van der Waals surface area contributed by atoms with Gasteiger partial charge in [0, 0.05) is 95.7 Å². The van der Waals surface area contributed by atoms with Crippen LogP contribution in [0.3, 0.4) is 0 Å². The maximum Gasteiger partial charge on any atom is 0.394 e. The molecule has 112 heavy (non-hydrogen) atoms. The molecule has 0 radical (unpaired) electrons. The maximum atomic E-state index is 15.9. The lowest BCUT2D eigenvalue weighted by Gasteiger charge is -2.54. The molecule has 0 aromatic carbocycles. The van der Waals surface area contributed by atoms with Crippen molar-refractivity contribution in [3.63, 3.8) is 0 Å². The van der Waals surface area contributed by atoms with Gasteiger partial charge in [-0.3, -0.25) is 57.5 Å². The number of fused-ring (bicyclic) bond motifs is 3. The number of methoxy groups -OCH3 is 1. The Morgan fingerprint density at radius 2 is 1.31 bits per heavy atom. The molecule has 13 atom stereocenters. The standard InChI is InChI=1S/C79H126F6N12O15/c1-16-37-111-45-60-67(101)87-65(48(5)17-2)73(107)91(10)44-64(100)92(11)56-27-21-20-24-36-96(72(56)106)59(38-49-28-32-52(33-29-49)78(80,81)82)71(105)90(9)43-62(98)86-55(35-31-50-30-34-54(79(83,84)85)61(39-50)110-15)69(103)97-42-53(112-19-4)40-57(97)68(102)88-77(46-76(6,7)47-77)75(109)95(14)66(51-25-22-23-26-51)74(108)94(13)58(41-63(99)93(60)12)70(104)89(8)18-3/h20-21,48-61,65-66H,16-19,22-47H2,1-15H3,(H,86,98)(H,87,101)(H,88,102)/b21-20-/t48-,49?,50?,52?,53+,54?,55-,56-,57-,58-,59-,60-,61?,65-,66-/m0/s1. The van der Waals surface area contributed by atoms with E-state index in [2.05, 4.69) is 16.0 Å². The van der Waals surface area contributed by atoms with E-state index in [0.29, 0.717) is 38.5 Å². The Morgan fingerprint density at radius 1 is 0.670 bits per heavy atom. The zero-order chi connectivity index (χ0) is 83.2. The van der Waals surface area contributed by atoms with Crippen LogP contribution in [0.1, 0.15) is 190 Å². The van der Waals surface area contributed by atoms with Crippen molar-refractivity contribution in [1.82, 2.24) is 60.0 Å². The predicted molar refractivity (Wildman–Crippen MR) is 402 cm³/mol. The molecule has 7 rings (SSSR count). The first kappa shape index (κ1) is 92.0. The van der Waals surface area contributed by atoms with Gasteiger partial charge in [-0.2, -0.15) is 26.3 Å². The van der Waals surface area contributed by atoms with Gasteiger partial charge in [-0.05, 0) is 152 Å². The van der Waals surface area contributed by atoms with Crippen LogP contribution < -0.4 is 16.0 Å². The molecule has 7 aliphatic rings. The zero-order valence-electron chi connectivity index (χ0n) is 68.5. The van der Waals surface area contributed by atoms with Crippen LogP contribution in [0.25, 0.3) is 0 Å². The number of ether oxygens (including phenoxy) is 3. The van der Waals surface area contributed by atoms with Crippen LogP contribution in [0.15, 0.2) is 12.2 Å². The number of rotatable bonds is 17. The summed E-state index contributed by atoms with van der Waals surface area (Å²) >= 11 is 0. The van der Waals surface area contributed by atoms with Gasteiger partial charge in [0.25, 0.3) is 0 Å². The maximum absolute atomic E-state index is 15.9. The Balaban J connectivity index is 1.35. The monoisotopic (exact) mass is 1600 g/mol. The number of likely N-dealkylation sites (N-methyl/N-ethyl adjacent to an activating group) is 7. The average Bonchev–Trinajstić information content (AvgIpc) is 0.875. The molecule has 4 saturated carbocycles. The highest BCUT2D eigenvalue weighted by atomic mass is 19.4. The lowest BCUT2D eigenvalue weighted by molar-refractivity contribution is -0.215. The average molecular weight is 1600 g/mol. The van der Waals surface area contributed by atoms with E-state index in [1.54, 1.807) is 39.8 Å². The molecule has 2 bridgehead atoms. The summed E-state index contributed by atoms with van der Waals surface area (Å²) in [6.45, 7) is 10.8. The van der Waals surface area contributed by atoms with Crippen molar-refractivity contribution in [2.75, 3.05) is 109 Å². The molecule has 3 N–H and O–H groups in total. The molecule has 27 nitrogen and oxygen atoms in total. The van der Waals surface area contributed by atoms with Crippen molar-refractivity contribution in [1.29, 1.82) is 0 Å². The minimum atomic E-state index is -4.57. The van der Waals surface area contributed by atoms with E-state index in [1.807, 2.05) is 20.8 Å². The third kappa shape index (κ3) is 22.7. The molecule has 3 unspecified atom stereocenters. The Labute approximate surface area is 656 Å². The fraction of sp³-hybridized carbons (Fsp3) is 0.823. The summed E-state index contributed by atoms with van der Waals surface area (Å²) in [5.41, 5.74) is -2.28. The normalized spacial score (nSPS) is 31.0. The minimum Gasteiger partial charge on any atom is -0.381 e. The first-order valence-corrected chi connectivity index (χ1v) is 40.4. The number of amides is 12. The Bertz CT molecular complexity index is 3320. The predicted octanol–water partition coefficient (Wildman–Crippen LogP) is 6.49. The summed E-state index contributed by atoms with van der Waals surface area (Å²) in [5.74, 6) is -14.6. The van der Waals surface area contributed by atoms with Crippen LogP contribution in [-0.4, -0.2) is 302 Å². The largest absolute Gasteiger partial charge is 0.394 e. The van der Waals surface area contributed by atoms with E-state index in [9.17, 15) is 50.3 Å². The van der Waals surface area contributed by atoms with Gasteiger partial charge in [-0.25, -0.2) is 0 Å². The van der Waals surface area contributed by atoms with Gasteiger partial charge in [0.1, 0.15) is 53.9 Å². The van der Waals surface area contributed by atoms with Gasteiger partial charge in [-0.15, -0.1) is 0 Å². The fourth-order valence-corrected chi connectivity index (χ4v) is 18.1. The third-order valence-electron chi connectivity index (χ3n) is 24.9. The number of nitrogens with one attached hydrogen (secondary N) is 3. The Kier molecular flexibility index (Phi) is 32.8. The van der Waals surface area contributed by atoms with Crippen molar-refractivity contribution in [2.45, 2.75) is 268 Å². The SMILES string of the molecule is CCCOC[C@H]1C(=O)N[C@@H]([C@@H](C)CC)C(=O)N(C)CC(=O)N(C)[C@H]2C/C=C\CCN(C2=O)[C@@H](CC2CCC(C(F)(F)F)CC2)C(=O)N(C)CC(=O)N[C@@H](CCC2CCC(C(F)(F)F)C(OC)C2)C(=O)N2C[C@H](OCC)C[C@H]2C(=O)NC2(CC(C)(C)C2)C(=O)N(C)[C@@H](C2CCCC2)C(=O)N(C)[C@H](C(=O)N(C)CC)CC(=O)N1C. The second kappa shape index (κ2) is 39.9. The smallest absolute Gasteiger partial charge is 0.381 e. The number of hydrogen-bond acceptors (Lipinski definition) is 15. The van der Waals surface area contributed by atoms with Gasteiger partial charge in [0.15, 0.2) is 0 Å². The summed E-state index contributed by atoms with van der Waals surface area (Å²) in [6.07, 6.45) is -6.01. The molecule has 3 aliphatic heterocycles. The minimum absolute atomic E-state index is 0.0285. The summed E-state index contributed by atoms with van der Waals surface area (Å²) < 4.78 is 103. The molecule has 0 aromatic heterocycles. The molecule has 33 heteroatoms. The van der Waals surface area contributed by atoms with Crippen LogP contribution in [-0.2, 0) is 71.7 Å². The molecule has 4 aliphatic carbocycles. The van der Waals surface area contributed by atoms with Gasteiger partial charge in [-0.1, -0.05) is 66.0 Å². The molecule has 6 fully saturated rings. The number of hydrogen-bond donors (Lipinski definition) is 3. The van der Waals surface area contributed by atoms with E-state index >= 15 is 33.6 Å². The number of halogens is 6. The molecule has 1 spiro atoms. The molecule has 2 saturated heterocycles. The topological polar surface area (TPSA) is 298 Å². The van der Waals surface area contributed by atoms with Crippen molar-refractivity contribution in [3.05, 3.63) is 12.2 Å². The van der Waals surface area contributed by atoms with Crippen LogP contribution in [0.5, 0.6) is 0 Å². The van der Waals surface area contributed by atoms with Gasteiger partial charge < -0.3 is 74.3 Å². The van der Waals surface area contributed by atoms with Crippen LogP contribution in [0.4, 0.5) is 26.3 Å². The highest BCUT2D eigenvalue weighted by Gasteiger charge is 2.60. The Morgan fingerprint density at radius 3 is 1.90 bits per heavy atom. The first-order chi connectivity index (χ1) is 52.6. The molecule has 634 valence electrons. The van der Waals surface area contributed by atoms with E-state index in [-0.39, 0.29) is 136 Å². The van der Waals surface area contributed by atoms with E-state index in [4.69, 9.17) is 14.2 Å². The van der Waals surface area contributed by atoms with Gasteiger partial charge in [0.05, 0.1) is 50.2 Å². The number of carbonyl (C=O) groups excluding carboxylic acids is 12. The number of nitrogens with zero attached hydrogens (tertiary/aromatic N) is 9. The quantitative estimate of drug-likeness (QED) is 0.0797. The molecule has 0 aromatic rings. The highest BCUT2D eigenvalue weighted by molar-refractivity contribution is 6.01. The number of alkyl halides is 6. The van der Waals surface area contributed by atoms with Crippen molar-refractivity contribution in [3.8, 4) is 0 Å². The second-order valence-corrected chi connectivity index (χ2v) is 33.5. The summed E-state index contributed by atoms with van der Waals surface area (Å²) in [5, 5.41) is 8.68. The molecular weight excluding hydrogens is 1470 g/mol. The summed E-state index contributed by atoms with van der Waals surface area (Å²) in [6, 6.07) is -11.3. The molecular formula is C79H126F6N12O15. The van der Waals surface area contributed by atoms with Crippen LogP contribution in [0.2, 0.25) is 0 Å². The Hall–Kier alpha value is -7.16.